The van der Waals surface area contributed by atoms with E-state index in [0.29, 0.717) is 5.54 Å². The first-order chi connectivity index (χ1) is 6.08. The third kappa shape index (κ3) is 1.50. The molecule has 2 heteroatoms. The summed E-state index contributed by atoms with van der Waals surface area (Å²) >= 11 is 0. The third-order valence-electron chi connectivity index (χ3n) is 4.08. The van der Waals surface area contributed by atoms with E-state index in [1.807, 2.05) is 0 Å². The largest absolute Gasteiger partial charge is 0.330 e. The Bertz CT molecular complexity index is 186. The molecule has 76 valence electrons. The quantitative estimate of drug-likeness (QED) is 0.718. The second-order valence-electron chi connectivity index (χ2n) is 5.56. The number of hydrogen-bond acceptors (Lipinski definition) is 2. The first-order valence-corrected chi connectivity index (χ1v) is 5.53. The van der Waals surface area contributed by atoms with E-state index in [-0.39, 0.29) is 0 Å². The molecule has 1 saturated heterocycles. The molecule has 0 atom stereocenters. The van der Waals surface area contributed by atoms with Crippen molar-refractivity contribution in [2.45, 2.75) is 45.1 Å². The normalized spacial score (nSPS) is 27.0. The van der Waals surface area contributed by atoms with Crippen LogP contribution in [-0.2, 0) is 0 Å². The molecule has 2 N–H and O–H groups in total. The summed E-state index contributed by atoms with van der Waals surface area (Å²) in [5, 5.41) is 0. The molecule has 0 amide bonds. The van der Waals surface area contributed by atoms with Gasteiger partial charge in [-0.05, 0) is 45.1 Å². The van der Waals surface area contributed by atoms with E-state index in [2.05, 4.69) is 18.7 Å². The van der Waals surface area contributed by atoms with Crippen LogP contribution in [0.1, 0.15) is 39.5 Å². The summed E-state index contributed by atoms with van der Waals surface area (Å²) in [7, 11) is 0. The molecular formula is C11H22N2. The van der Waals surface area contributed by atoms with Gasteiger partial charge in [0.15, 0.2) is 0 Å². The van der Waals surface area contributed by atoms with Gasteiger partial charge < -0.3 is 5.73 Å². The van der Waals surface area contributed by atoms with E-state index in [0.717, 1.165) is 18.4 Å². The van der Waals surface area contributed by atoms with Crippen LogP contribution in [0.2, 0.25) is 0 Å². The topological polar surface area (TPSA) is 29.3 Å². The molecule has 0 aromatic rings. The zero-order valence-corrected chi connectivity index (χ0v) is 8.97. The standard InChI is InChI=1S/C11H22N2/c1-10(2,6-7-12)13-8-11(9-13)4-3-5-11/h3-9,12H2,1-2H3. The van der Waals surface area contributed by atoms with Crippen molar-refractivity contribution in [1.29, 1.82) is 0 Å². The molecule has 0 aromatic heterocycles. The molecule has 2 fully saturated rings. The van der Waals surface area contributed by atoms with Crippen molar-refractivity contribution < 1.29 is 0 Å². The van der Waals surface area contributed by atoms with Crippen LogP contribution in [0.15, 0.2) is 0 Å². The minimum Gasteiger partial charge on any atom is -0.330 e. The van der Waals surface area contributed by atoms with Crippen molar-refractivity contribution in [3.63, 3.8) is 0 Å². The highest BCUT2D eigenvalue weighted by molar-refractivity contribution is 5.04. The molecule has 0 aromatic carbocycles. The molecule has 0 radical (unpaired) electrons. The summed E-state index contributed by atoms with van der Waals surface area (Å²) in [6, 6.07) is 0. The van der Waals surface area contributed by atoms with Crippen LogP contribution in [0.3, 0.4) is 0 Å². The summed E-state index contributed by atoms with van der Waals surface area (Å²) in [4.78, 5) is 2.61. The van der Waals surface area contributed by atoms with E-state index >= 15 is 0 Å². The Hall–Kier alpha value is -0.0800. The molecule has 0 unspecified atom stereocenters. The molecule has 13 heavy (non-hydrogen) atoms. The minimum atomic E-state index is 0.343. The lowest BCUT2D eigenvalue weighted by Gasteiger charge is -2.61. The van der Waals surface area contributed by atoms with Crippen LogP contribution in [0.4, 0.5) is 0 Å². The first kappa shape index (κ1) is 9.47. The highest BCUT2D eigenvalue weighted by atomic mass is 15.3. The van der Waals surface area contributed by atoms with Crippen molar-refractivity contribution in [3.8, 4) is 0 Å². The van der Waals surface area contributed by atoms with Gasteiger partial charge in [-0.15, -0.1) is 0 Å². The van der Waals surface area contributed by atoms with Crippen LogP contribution >= 0.6 is 0 Å². The predicted octanol–water partition coefficient (Wildman–Crippen LogP) is 1.60. The molecule has 1 saturated carbocycles. The van der Waals surface area contributed by atoms with Crippen molar-refractivity contribution >= 4 is 0 Å². The summed E-state index contributed by atoms with van der Waals surface area (Å²) in [6.45, 7) is 8.13. The Morgan fingerprint density at radius 1 is 1.31 bits per heavy atom. The number of nitrogens with zero attached hydrogens (tertiary/aromatic N) is 1. The Morgan fingerprint density at radius 2 is 1.92 bits per heavy atom. The van der Waals surface area contributed by atoms with Gasteiger partial charge in [-0.1, -0.05) is 6.42 Å². The van der Waals surface area contributed by atoms with Gasteiger partial charge >= 0.3 is 0 Å². The zero-order valence-electron chi connectivity index (χ0n) is 8.97. The number of likely N-dealkylation sites (tertiary alicyclic amines) is 1. The molecule has 0 bridgehead atoms. The van der Waals surface area contributed by atoms with Gasteiger partial charge in [0.2, 0.25) is 0 Å². The molecule has 1 aliphatic carbocycles. The van der Waals surface area contributed by atoms with Crippen LogP contribution in [-0.4, -0.2) is 30.1 Å². The molecule has 2 rings (SSSR count). The Kier molecular flexibility index (Phi) is 2.16. The Labute approximate surface area is 81.5 Å². The predicted molar refractivity (Wildman–Crippen MR) is 55.6 cm³/mol. The molecule has 1 heterocycles. The fraction of sp³-hybridized carbons (Fsp3) is 1.00. The number of hydrogen-bond donors (Lipinski definition) is 1. The summed E-state index contributed by atoms with van der Waals surface area (Å²) in [5.74, 6) is 0. The van der Waals surface area contributed by atoms with Gasteiger partial charge in [0.05, 0.1) is 0 Å². The van der Waals surface area contributed by atoms with Crippen molar-refractivity contribution in [2.75, 3.05) is 19.6 Å². The molecular weight excluding hydrogens is 160 g/mol. The Balaban J connectivity index is 1.84. The highest BCUT2D eigenvalue weighted by Crippen LogP contribution is 2.50. The molecule has 1 spiro atoms. The fourth-order valence-electron chi connectivity index (χ4n) is 2.70. The van der Waals surface area contributed by atoms with Gasteiger partial charge in [0, 0.05) is 18.6 Å². The Morgan fingerprint density at radius 3 is 2.31 bits per heavy atom. The van der Waals surface area contributed by atoms with E-state index < -0.39 is 0 Å². The number of nitrogens with two attached hydrogens (primary N) is 1. The van der Waals surface area contributed by atoms with E-state index in [1.165, 1.54) is 32.4 Å². The maximum absolute atomic E-state index is 5.62. The third-order valence-corrected chi connectivity index (χ3v) is 4.08. The average Bonchev–Trinajstić information content (AvgIpc) is 1.78. The molecule has 1 aliphatic heterocycles. The lowest BCUT2D eigenvalue weighted by molar-refractivity contribution is -0.110. The maximum atomic E-state index is 5.62. The van der Waals surface area contributed by atoms with Crippen molar-refractivity contribution in [1.82, 2.24) is 4.90 Å². The van der Waals surface area contributed by atoms with Gasteiger partial charge in [0.1, 0.15) is 0 Å². The smallest absolute Gasteiger partial charge is 0.0165 e. The van der Waals surface area contributed by atoms with Crippen LogP contribution in [0.5, 0.6) is 0 Å². The summed E-state index contributed by atoms with van der Waals surface area (Å²) < 4.78 is 0. The maximum Gasteiger partial charge on any atom is 0.0165 e. The number of rotatable bonds is 3. The lowest BCUT2D eigenvalue weighted by Crippen LogP contribution is -2.66. The monoisotopic (exact) mass is 182 g/mol. The SMILES string of the molecule is CC(C)(CCN)N1CC2(CCC2)C1. The van der Waals surface area contributed by atoms with Gasteiger partial charge in [0.25, 0.3) is 0 Å². The van der Waals surface area contributed by atoms with Crippen molar-refractivity contribution in [2.24, 2.45) is 11.1 Å². The van der Waals surface area contributed by atoms with Gasteiger partial charge in [-0.25, -0.2) is 0 Å². The first-order valence-electron chi connectivity index (χ1n) is 5.53. The summed E-state index contributed by atoms with van der Waals surface area (Å²) in [6.07, 6.45) is 5.54. The highest BCUT2D eigenvalue weighted by Gasteiger charge is 2.50. The van der Waals surface area contributed by atoms with Crippen molar-refractivity contribution in [3.05, 3.63) is 0 Å². The van der Waals surface area contributed by atoms with Crippen LogP contribution in [0, 0.1) is 5.41 Å². The summed E-state index contributed by atoms with van der Waals surface area (Å²) in [5.41, 5.74) is 6.72. The minimum absolute atomic E-state index is 0.343. The zero-order chi connectivity index (χ0) is 9.53. The second kappa shape index (κ2) is 2.96. The van der Waals surface area contributed by atoms with Crippen LogP contribution in [0.25, 0.3) is 0 Å². The van der Waals surface area contributed by atoms with E-state index in [9.17, 15) is 0 Å². The van der Waals surface area contributed by atoms with Gasteiger partial charge in [-0.3, -0.25) is 4.90 Å². The van der Waals surface area contributed by atoms with Crippen LogP contribution < -0.4 is 5.73 Å². The van der Waals surface area contributed by atoms with E-state index in [4.69, 9.17) is 5.73 Å². The van der Waals surface area contributed by atoms with E-state index in [1.54, 1.807) is 0 Å². The fourth-order valence-corrected chi connectivity index (χ4v) is 2.70. The average molecular weight is 182 g/mol. The molecule has 2 nitrogen and oxygen atoms in total. The second-order valence-corrected chi connectivity index (χ2v) is 5.56. The lowest BCUT2D eigenvalue weighted by atomic mass is 9.62. The van der Waals surface area contributed by atoms with Gasteiger partial charge in [-0.2, -0.15) is 0 Å². The molecule has 2 aliphatic rings.